The molecule has 1 aromatic carbocycles. The first-order valence-electron chi connectivity index (χ1n) is 10.0. The Morgan fingerprint density at radius 2 is 1.96 bits per heavy atom. The fourth-order valence-corrected chi connectivity index (χ4v) is 5.14. The van der Waals surface area contributed by atoms with E-state index >= 15 is 0 Å². The number of nitrogens with zero attached hydrogens (tertiary/aromatic N) is 1. The average molecular weight is 409 g/mol. The van der Waals surface area contributed by atoms with Crippen molar-refractivity contribution in [1.29, 1.82) is 0 Å². The molecular weight excluding hydrogens is 376 g/mol. The lowest BCUT2D eigenvalue weighted by Crippen LogP contribution is -2.50. The zero-order valence-electron chi connectivity index (χ0n) is 17.4. The molecule has 2 unspecified atom stereocenters. The number of rotatable bonds is 7. The van der Waals surface area contributed by atoms with Gasteiger partial charge in [0.05, 0.1) is 18.4 Å². The van der Waals surface area contributed by atoms with Crippen LogP contribution in [0.3, 0.4) is 0 Å². The van der Waals surface area contributed by atoms with Crippen molar-refractivity contribution in [2.45, 2.75) is 65.1 Å². The third kappa shape index (κ3) is 4.69. The summed E-state index contributed by atoms with van der Waals surface area (Å²) in [5.74, 6) is 0.760. The van der Waals surface area contributed by atoms with E-state index in [1.165, 1.54) is 6.26 Å². The van der Waals surface area contributed by atoms with E-state index < -0.39 is 10.0 Å². The minimum Gasteiger partial charge on any atom is -0.491 e. The van der Waals surface area contributed by atoms with Crippen LogP contribution in [0.2, 0.25) is 0 Å². The lowest BCUT2D eigenvalue weighted by molar-refractivity contribution is -0.135. The molecule has 0 aromatic heterocycles. The Morgan fingerprint density at radius 3 is 2.50 bits per heavy atom. The molecule has 1 saturated carbocycles. The van der Waals surface area contributed by atoms with Crippen LogP contribution >= 0.6 is 0 Å². The number of carbonyl (C=O) groups excluding carboxylic acids is 1. The van der Waals surface area contributed by atoms with Gasteiger partial charge in [0.2, 0.25) is 15.9 Å². The first-order valence-corrected chi connectivity index (χ1v) is 11.9. The summed E-state index contributed by atoms with van der Waals surface area (Å²) in [6, 6.07) is 7.43. The summed E-state index contributed by atoms with van der Waals surface area (Å²) in [5, 5.41) is 0. The van der Waals surface area contributed by atoms with Gasteiger partial charge in [-0.05, 0) is 50.8 Å². The van der Waals surface area contributed by atoms with E-state index in [1.807, 2.05) is 56.9 Å². The molecule has 1 N–H and O–H groups in total. The lowest BCUT2D eigenvalue weighted by Gasteiger charge is -2.30. The predicted molar refractivity (Wildman–Crippen MR) is 110 cm³/mol. The summed E-state index contributed by atoms with van der Waals surface area (Å²) in [6.07, 6.45) is 3.78. The number of hydrogen-bond acceptors (Lipinski definition) is 4. The number of hydrogen-bond donors (Lipinski definition) is 1. The maximum absolute atomic E-state index is 12.9. The maximum atomic E-state index is 12.9. The Bertz CT molecular complexity index is 831. The molecule has 3 rings (SSSR count). The summed E-state index contributed by atoms with van der Waals surface area (Å²) in [6.45, 7) is 8.38. The second-order valence-corrected chi connectivity index (χ2v) is 10.7. The van der Waals surface area contributed by atoms with E-state index in [9.17, 15) is 13.2 Å². The monoisotopic (exact) mass is 408 g/mol. The van der Waals surface area contributed by atoms with Crippen molar-refractivity contribution in [1.82, 2.24) is 9.62 Å². The van der Waals surface area contributed by atoms with Crippen LogP contribution in [0.15, 0.2) is 24.3 Å². The normalized spacial score (nSPS) is 23.6. The molecule has 1 aromatic rings. The molecule has 1 amide bonds. The third-order valence-corrected chi connectivity index (χ3v) is 6.34. The van der Waals surface area contributed by atoms with Crippen LogP contribution in [0.1, 0.15) is 46.1 Å². The largest absolute Gasteiger partial charge is 0.491 e. The summed E-state index contributed by atoms with van der Waals surface area (Å²) in [5.41, 5.74) is 0.923. The van der Waals surface area contributed by atoms with E-state index in [0.717, 1.165) is 24.2 Å². The van der Waals surface area contributed by atoms with Gasteiger partial charge >= 0.3 is 0 Å². The van der Waals surface area contributed by atoms with Crippen LogP contribution in [0, 0.1) is 11.3 Å². The standard InChI is InChI=1S/C21H32N2O4S/c1-14(2)20(24)23-13-21(9-10-21)19(22-28(5,25)26)18(23)12-16-7-6-8-17(11-16)27-15(3)4/h6-8,11,14-15,18-19,22H,9-10,12-13H2,1-5H3. The van der Waals surface area contributed by atoms with Crippen molar-refractivity contribution < 1.29 is 17.9 Å². The molecule has 2 atom stereocenters. The highest BCUT2D eigenvalue weighted by atomic mass is 32.2. The van der Waals surface area contributed by atoms with E-state index in [0.29, 0.717) is 13.0 Å². The van der Waals surface area contributed by atoms with Gasteiger partial charge in [0.15, 0.2) is 0 Å². The fraction of sp³-hybridized carbons (Fsp3) is 0.667. The van der Waals surface area contributed by atoms with Crippen molar-refractivity contribution in [2.24, 2.45) is 11.3 Å². The van der Waals surface area contributed by atoms with Gasteiger partial charge in [0.25, 0.3) is 0 Å². The molecule has 7 heteroatoms. The van der Waals surface area contributed by atoms with Crippen molar-refractivity contribution in [3.63, 3.8) is 0 Å². The minimum atomic E-state index is -3.37. The van der Waals surface area contributed by atoms with Gasteiger partial charge in [-0.15, -0.1) is 0 Å². The van der Waals surface area contributed by atoms with E-state index in [4.69, 9.17) is 4.74 Å². The van der Waals surface area contributed by atoms with E-state index in [-0.39, 0.29) is 35.4 Å². The highest BCUT2D eigenvalue weighted by molar-refractivity contribution is 7.88. The molecule has 1 aliphatic heterocycles. The Morgan fingerprint density at radius 1 is 1.29 bits per heavy atom. The van der Waals surface area contributed by atoms with Crippen LogP contribution in [0.25, 0.3) is 0 Å². The van der Waals surface area contributed by atoms with Crippen molar-refractivity contribution in [2.75, 3.05) is 12.8 Å². The number of benzene rings is 1. The van der Waals surface area contributed by atoms with Gasteiger partial charge in [-0.25, -0.2) is 13.1 Å². The number of carbonyl (C=O) groups is 1. The van der Waals surface area contributed by atoms with Crippen molar-refractivity contribution in [3.05, 3.63) is 29.8 Å². The Labute approximate surface area is 168 Å². The average Bonchev–Trinajstić information content (AvgIpc) is 3.29. The zero-order chi connectivity index (χ0) is 20.7. The molecule has 0 radical (unpaired) electrons. The molecule has 1 aliphatic carbocycles. The molecule has 156 valence electrons. The molecular formula is C21H32N2O4S. The summed E-state index contributed by atoms with van der Waals surface area (Å²) in [4.78, 5) is 14.8. The second kappa shape index (κ2) is 7.67. The molecule has 1 saturated heterocycles. The van der Waals surface area contributed by atoms with Crippen LogP contribution < -0.4 is 9.46 Å². The zero-order valence-corrected chi connectivity index (χ0v) is 18.3. The molecule has 1 heterocycles. The van der Waals surface area contributed by atoms with Crippen LogP contribution in [-0.4, -0.2) is 50.2 Å². The highest BCUT2D eigenvalue weighted by Gasteiger charge is 2.61. The number of ether oxygens (including phenoxy) is 1. The van der Waals surface area contributed by atoms with Gasteiger partial charge in [0, 0.05) is 23.9 Å². The van der Waals surface area contributed by atoms with Gasteiger partial charge in [-0.2, -0.15) is 0 Å². The van der Waals surface area contributed by atoms with Gasteiger partial charge in [0.1, 0.15) is 5.75 Å². The number of likely N-dealkylation sites (tertiary alicyclic amines) is 1. The number of sulfonamides is 1. The van der Waals surface area contributed by atoms with Gasteiger partial charge in [-0.1, -0.05) is 26.0 Å². The SMILES string of the molecule is CC(C)Oc1cccc(CC2C(NS(C)(=O)=O)C3(CC3)CN2C(=O)C(C)C)c1. The maximum Gasteiger partial charge on any atom is 0.225 e. The molecule has 2 fully saturated rings. The second-order valence-electron chi connectivity index (χ2n) is 8.94. The van der Waals surface area contributed by atoms with Crippen molar-refractivity contribution in [3.8, 4) is 5.75 Å². The summed E-state index contributed by atoms with van der Waals surface area (Å²) < 4.78 is 32.8. The topological polar surface area (TPSA) is 75.7 Å². The first kappa shape index (κ1) is 21.1. The molecule has 2 aliphatic rings. The summed E-state index contributed by atoms with van der Waals surface area (Å²) >= 11 is 0. The Kier molecular flexibility index (Phi) is 5.79. The van der Waals surface area contributed by atoms with E-state index in [2.05, 4.69) is 4.72 Å². The van der Waals surface area contributed by atoms with Crippen molar-refractivity contribution >= 4 is 15.9 Å². The quantitative estimate of drug-likeness (QED) is 0.752. The molecule has 6 nitrogen and oxygen atoms in total. The van der Waals surface area contributed by atoms with Crippen LogP contribution in [0.5, 0.6) is 5.75 Å². The van der Waals surface area contributed by atoms with Crippen LogP contribution in [0.4, 0.5) is 0 Å². The molecule has 1 spiro atoms. The smallest absolute Gasteiger partial charge is 0.225 e. The van der Waals surface area contributed by atoms with E-state index in [1.54, 1.807) is 0 Å². The predicted octanol–water partition coefficient (Wildman–Crippen LogP) is 2.58. The highest BCUT2D eigenvalue weighted by Crippen LogP contribution is 2.55. The fourth-order valence-electron chi connectivity index (χ4n) is 4.27. The van der Waals surface area contributed by atoms with Gasteiger partial charge < -0.3 is 9.64 Å². The minimum absolute atomic E-state index is 0.0788. The Hall–Kier alpha value is -1.60. The number of nitrogens with one attached hydrogen (secondary N) is 1. The molecule has 28 heavy (non-hydrogen) atoms. The lowest BCUT2D eigenvalue weighted by atomic mass is 9.92. The van der Waals surface area contributed by atoms with Crippen LogP contribution in [-0.2, 0) is 21.2 Å². The van der Waals surface area contributed by atoms with Gasteiger partial charge in [-0.3, -0.25) is 4.79 Å². The summed E-state index contributed by atoms with van der Waals surface area (Å²) in [7, 11) is -3.37. The molecule has 0 bridgehead atoms. The first-order chi connectivity index (χ1) is 13.0. The Balaban J connectivity index is 1.91. The third-order valence-electron chi connectivity index (χ3n) is 5.66. The number of amides is 1.